The number of nitrogens with zero attached hydrogens (tertiary/aromatic N) is 3. The molecule has 0 spiro atoms. The summed E-state index contributed by atoms with van der Waals surface area (Å²) in [5.74, 6) is -0.702. The van der Waals surface area contributed by atoms with Crippen LogP contribution in [0.5, 0.6) is 5.88 Å². The van der Waals surface area contributed by atoms with E-state index in [2.05, 4.69) is 0 Å². The summed E-state index contributed by atoms with van der Waals surface area (Å²) in [6.45, 7) is 4.44. The van der Waals surface area contributed by atoms with Gasteiger partial charge in [0, 0.05) is 17.5 Å². The van der Waals surface area contributed by atoms with Gasteiger partial charge in [0.05, 0.1) is 41.3 Å². The number of para-hydroxylation sites is 1. The van der Waals surface area contributed by atoms with Crippen LogP contribution in [0.3, 0.4) is 0 Å². The van der Waals surface area contributed by atoms with Crippen molar-refractivity contribution in [3.8, 4) is 5.88 Å². The van der Waals surface area contributed by atoms with Gasteiger partial charge in [-0.05, 0) is 51.7 Å². The fourth-order valence-electron chi connectivity index (χ4n) is 4.33. The van der Waals surface area contributed by atoms with Crippen molar-refractivity contribution in [2.24, 2.45) is 4.99 Å². The molecule has 0 saturated carbocycles. The molecule has 0 aliphatic heterocycles. The Balaban J connectivity index is 1.97. The highest BCUT2D eigenvalue weighted by atomic mass is 16.6. The topological polar surface area (TPSA) is 93.4 Å². The first-order chi connectivity index (χ1) is 18.3. The van der Waals surface area contributed by atoms with Crippen LogP contribution < -0.4 is 0 Å². The van der Waals surface area contributed by atoms with Gasteiger partial charge in [-0.1, -0.05) is 54.6 Å². The third kappa shape index (κ3) is 5.45. The van der Waals surface area contributed by atoms with E-state index in [1.165, 1.54) is 0 Å². The van der Waals surface area contributed by atoms with Crippen LogP contribution in [0, 0.1) is 0 Å². The molecule has 4 rings (SSSR count). The van der Waals surface area contributed by atoms with E-state index in [1.54, 1.807) is 32.0 Å². The van der Waals surface area contributed by atoms with Crippen LogP contribution in [0.15, 0.2) is 77.8 Å². The summed E-state index contributed by atoms with van der Waals surface area (Å²) >= 11 is 0. The lowest BCUT2D eigenvalue weighted by Gasteiger charge is -2.14. The Morgan fingerprint density at radius 3 is 2.29 bits per heavy atom. The SMILES string of the molecule is CCOC(=O)c1cc(N=C(c2ccccc2)c2c(O)n(C(=O)OCC)c3ccccc23)ccc1CN(C)C. The Bertz CT molecular complexity index is 1490. The number of benzene rings is 3. The molecule has 4 aromatic rings. The summed E-state index contributed by atoms with van der Waals surface area (Å²) < 4.78 is 11.7. The number of aromatic hydroxyl groups is 1. The number of aromatic nitrogens is 1. The van der Waals surface area contributed by atoms with Crippen LogP contribution in [0.2, 0.25) is 0 Å². The van der Waals surface area contributed by atoms with E-state index in [0.717, 1.165) is 15.7 Å². The monoisotopic (exact) mass is 513 g/mol. The van der Waals surface area contributed by atoms with Crippen LogP contribution >= 0.6 is 0 Å². The molecule has 0 bridgehead atoms. The predicted molar refractivity (Wildman–Crippen MR) is 148 cm³/mol. The first-order valence-corrected chi connectivity index (χ1v) is 12.4. The minimum absolute atomic E-state index is 0.162. The van der Waals surface area contributed by atoms with Gasteiger partial charge in [-0.3, -0.25) is 0 Å². The molecule has 3 aromatic carbocycles. The zero-order valence-electron chi connectivity index (χ0n) is 22.0. The lowest BCUT2D eigenvalue weighted by atomic mass is 10.0. The summed E-state index contributed by atoms with van der Waals surface area (Å²) in [5, 5.41) is 12.0. The van der Waals surface area contributed by atoms with Crippen LogP contribution in [0.4, 0.5) is 10.5 Å². The third-order valence-electron chi connectivity index (χ3n) is 5.90. The number of aliphatic imine (C=N–C) groups is 1. The Morgan fingerprint density at radius 2 is 1.61 bits per heavy atom. The zero-order valence-corrected chi connectivity index (χ0v) is 22.0. The van der Waals surface area contributed by atoms with Gasteiger partial charge in [0.15, 0.2) is 0 Å². The maximum Gasteiger partial charge on any atom is 0.421 e. The van der Waals surface area contributed by atoms with E-state index < -0.39 is 12.1 Å². The molecule has 1 aromatic heterocycles. The molecule has 0 amide bonds. The summed E-state index contributed by atoms with van der Waals surface area (Å²) in [7, 11) is 3.85. The van der Waals surface area contributed by atoms with E-state index in [0.29, 0.717) is 40.0 Å². The van der Waals surface area contributed by atoms with Gasteiger partial charge < -0.3 is 19.5 Å². The number of rotatable bonds is 8. The highest BCUT2D eigenvalue weighted by Gasteiger charge is 2.26. The van der Waals surface area contributed by atoms with Crippen molar-refractivity contribution in [2.45, 2.75) is 20.4 Å². The van der Waals surface area contributed by atoms with Crippen LogP contribution in [0.1, 0.15) is 40.9 Å². The maximum atomic E-state index is 12.8. The van der Waals surface area contributed by atoms with Gasteiger partial charge in [-0.15, -0.1) is 0 Å². The van der Waals surface area contributed by atoms with E-state index in [4.69, 9.17) is 14.5 Å². The molecule has 196 valence electrons. The summed E-state index contributed by atoms with van der Waals surface area (Å²) in [5.41, 5.74) is 3.79. The van der Waals surface area contributed by atoms with Crippen molar-refractivity contribution >= 4 is 34.4 Å². The smallest absolute Gasteiger partial charge is 0.421 e. The highest BCUT2D eigenvalue weighted by Crippen LogP contribution is 2.35. The van der Waals surface area contributed by atoms with Crippen molar-refractivity contribution in [1.82, 2.24) is 9.47 Å². The summed E-state index contributed by atoms with van der Waals surface area (Å²) in [6.07, 6.45) is -0.683. The second-order valence-electron chi connectivity index (χ2n) is 8.88. The molecular formula is C30H31N3O5. The summed E-state index contributed by atoms with van der Waals surface area (Å²) in [6, 6.07) is 21.9. The van der Waals surface area contributed by atoms with Gasteiger partial charge in [0.2, 0.25) is 5.88 Å². The number of hydrogen-bond acceptors (Lipinski definition) is 7. The van der Waals surface area contributed by atoms with Gasteiger partial charge >= 0.3 is 12.1 Å². The highest BCUT2D eigenvalue weighted by molar-refractivity contribution is 6.23. The van der Waals surface area contributed by atoms with Gasteiger partial charge in [0.25, 0.3) is 0 Å². The predicted octanol–water partition coefficient (Wildman–Crippen LogP) is 5.76. The molecule has 0 saturated heterocycles. The minimum atomic E-state index is -0.683. The second kappa shape index (κ2) is 11.7. The van der Waals surface area contributed by atoms with E-state index >= 15 is 0 Å². The average molecular weight is 514 g/mol. The molecule has 0 aliphatic rings. The number of esters is 1. The van der Waals surface area contributed by atoms with Crippen molar-refractivity contribution in [1.29, 1.82) is 0 Å². The number of ether oxygens (including phenoxy) is 2. The lowest BCUT2D eigenvalue weighted by molar-refractivity contribution is 0.0524. The first kappa shape index (κ1) is 26.6. The van der Waals surface area contributed by atoms with Crippen molar-refractivity contribution in [3.63, 3.8) is 0 Å². The second-order valence-corrected chi connectivity index (χ2v) is 8.88. The molecule has 8 heteroatoms. The Kier molecular flexibility index (Phi) is 8.23. The number of carbonyl (C=O) groups excluding carboxylic acids is 2. The normalized spacial score (nSPS) is 11.7. The third-order valence-corrected chi connectivity index (χ3v) is 5.90. The first-order valence-electron chi connectivity index (χ1n) is 12.4. The number of fused-ring (bicyclic) bond motifs is 1. The Hall–Kier alpha value is -4.43. The Morgan fingerprint density at radius 1 is 0.921 bits per heavy atom. The largest absolute Gasteiger partial charge is 0.494 e. The van der Waals surface area contributed by atoms with Crippen LogP contribution in [-0.2, 0) is 16.0 Å². The van der Waals surface area contributed by atoms with E-state index in [1.807, 2.05) is 73.6 Å². The zero-order chi connectivity index (χ0) is 27.2. The molecule has 0 fully saturated rings. The molecule has 0 atom stereocenters. The van der Waals surface area contributed by atoms with Crippen LogP contribution in [0.25, 0.3) is 10.9 Å². The van der Waals surface area contributed by atoms with Crippen molar-refractivity contribution in [2.75, 3.05) is 27.3 Å². The van der Waals surface area contributed by atoms with E-state index in [-0.39, 0.29) is 19.1 Å². The van der Waals surface area contributed by atoms with Crippen LogP contribution in [-0.4, -0.2) is 59.7 Å². The molecule has 0 aliphatic carbocycles. The fourth-order valence-corrected chi connectivity index (χ4v) is 4.33. The van der Waals surface area contributed by atoms with Gasteiger partial charge in [0.1, 0.15) is 0 Å². The molecular weight excluding hydrogens is 482 g/mol. The summed E-state index contributed by atoms with van der Waals surface area (Å²) in [4.78, 5) is 32.5. The maximum absolute atomic E-state index is 12.8. The molecule has 8 nitrogen and oxygen atoms in total. The molecule has 38 heavy (non-hydrogen) atoms. The Labute approximate surface area is 221 Å². The molecule has 0 unspecified atom stereocenters. The molecule has 1 N–H and O–H groups in total. The molecule has 0 radical (unpaired) electrons. The minimum Gasteiger partial charge on any atom is -0.494 e. The van der Waals surface area contributed by atoms with Gasteiger partial charge in [-0.25, -0.2) is 19.1 Å². The molecule has 1 heterocycles. The standard InChI is InChI=1S/C30H31N3O5/c1-5-37-29(35)24-18-22(17-16-21(24)19-32(3)4)31-27(20-12-8-7-9-13-20)26-23-14-10-11-15-25(23)33(28(26)34)30(36)38-6-2/h7-18,34H,5-6,19H2,1-4H3. The fraction of sp³-hybridized carbons (Fsp3) is 0.233. The lowest BCUT2D eigenvalue weighted by Crippen LogP contribution is -2.15. The van der Waals surface area contributed by atoms with Crippen molar-refractivity contribution < 1.29 is 24.2 Å². The van der Waals surface area contributed by atoms with E-state index in [9.17, 15) is 14.7 Å². The number of hydrogen-bond donors (Lipinski definition) is 1. The quantitative estimate of drug-likeness (QED) is 0.238. The average Bonchev–Trinajstić information content (AvgIpc) is 3.20. The number of carbonyl (C=O) groups is 2. The van der Waals surface area contributed by atoms with Crippen molar-refractivity contribution in [3.05, 3.63) is 95.1 Å². The van der Waals surface area contributed by atoms with Gasteiger partial charge in [-0.2, -0.15) is 0 Å².